The van der Waals surface area contributed by atoms with Crippen molar-refractivity contribution in [3.8, 4) is 0 Å². The summed E-state index contributed by atoms with van der Waals surface area (Å²) in [4.78, 5) is 11.6. The first kappa shape index (κ1) is 6.74. The van der Waals surface area contributed by atoms with E-state index in [0.717, 1.165) is 16.3 Å². The lowest BCUT2D eigenvalue weighted by Crippen LogP contribution is -1.94. The number of rotatable bonds is 1. The van der Waals surface area contributed by atoms with Crippen LogP contribution in [0.3, 0.4) is 0 Å². The average molecular weight is 114 g/mol. The molecule has 3 heteroatoms. The van der Waals surface area contributed by atoms with Crippen molar-refractivity contribution in [2.45, 2.75) is 6.92 Å². The second-order valence-corrected chi connectivity index (χ2v) is 1.85. The first-order chi connectivity index (χ1) is 3.18. The summed E-state index contributed by atoms with van der Waals surface area (Å²) < 4.78 is 0. The highest BCUT2D eigenvalue weighted by molar-refractivity contribution is 6.19. The van der Waals surface area contributed by atoms with Gasteiger partial charge < -0.3 is 5.11 Å². The SMILES string of the molecule is CC(=[CH][AlH2])C(=O)O. The first-order valence-electron chi connectivity index (χ1n) is 2.04. The molecule has 0 aliphatic heterocycles. The molecule has 2 nitrogen and oxygen atoms in total. The highest BCUT2D eigenvalue weighted by Gasteiger charge is 1.92. The molecule has 38 valence electrons. The lowest BCUT2D eigenvalue weighted by atomic mass is 10.4. The normalized spacial score (nSPS) is 11.3. The molecule has 1 N–H and O–H groups in total. The maximum atomic E-state index is 9.88. The fraction of sp³-hybridized carbons (Fsp3) is 0.250. The number of aliphatic carboxylic acids is 1. The Hall–Kier alpha value is -0.258. The Morgan fingerprint density at radius 1 is 1.86 bits per heavy atom. The summed E-state index contributed by atoms with van der Waals surface area (Å²) in [6.45, 7) is 1.59. The molecule has 0 heterocycles. The predicted molar refractivity (Wildman–Crippen MR) is 29.9 cm³/mol. The third kappa shape index (κ3) is 2.44. The molecule has 0 atom stereocenters. The number of hydrogen-bond acceptors (Lipinski definition) is 1. The van der Waals surface area contributed by atoms with E-state index in [1.807, 2.05) is 0 Å². The Morgan fingerprint density at radius 3 is 2.29 bits per heavy atom. The molecule has 0 rings (SSSR count). The van der Waals surface area contributed by atoms with E-state index < -0.39 is 5.97 Å². The fourth-order valence-electron chi connectivity index (χ4n) is 0.123. The topological polar surface area (TPSA) is 37.3 Å². The second kappa shape index (κ2) is 2.84. The lowest BCUT2D eigenvalue weighted by Gasteiger charge is -1.84. The molecular formula is C4H7AlO2. The minimum Gasteiger partial charge on any atom is -0.478 e. The number of carboxylic acids is 1. The van der Waals surface area contributed by atoms with Crippen LogP contribution in [0.5, 0.6) is 0 Å². The molecule has 0 aliphatic carbocycles. The van der Waals surface area contributed by atoms with E-state index in [1.54, 1.807) is 11.9 Å². The standard InChI is InChI=1S/C4H5O2.Al.2H/c1-3(2)4(5)6;;;/h1H,2H3,(H,5,6);;;. The van der Waals surface area contributed by atoms with Crippen molar-refractivity contribution in [1.82, 2.24) is 0 Å². The Balaban J connectivity index is 3.82. The van der Waals surface area contributed by atoms with Crippen LogP contribution in [-0.2, 0) is 4.79 Å². The van der Waals surface area contributed by atoms with Gasteiger partial charge in [-0.3, -0.25) is 0 Å². The maximum Gasteiger partial charge on any atom is 0.329 e. The van der Waals surface area contributed by atoms with Gasteiger partial charge in [0.05, 0.1) is 0 Å². The Kier molecular flexibility index (Phi) is 2.74. The van der Waals surface area contributed by atoms with Crippen LogP contribution in [0.4, 0.5) is 0 Å². The van der Waals surface area contributed by atoms with E-state index in [9.17, 15) is 4.79 Å². The zero-order valence-electron chi connectivity index (χ0n) is 4.43. The van der Waals surface area contributed by atoms with Gasteiger partial charge in [-0.1, -0.05) is 0 Å². The average Bonchev–Trinajstić information content (AvgIpc) is 1.65. The molecule has 0 fully saturated rings. The molecule has 0 spiro atoms. The van der Waals surface area contributed by atoms with Crippen molar-refractivity contribution in [3.05, 3.63) is 10.5 Å². The van der Waals surface area contributed by atoms with E-state index in [2.05, 4.69) is 0 Å². The van der Waals surface area contributed by atoms with Gasteiger partial charge in [-0.2, -0.15) is 0 Å². The van der Waals surface area contributed by atoms with E-state index in [4.69, 9.17) is 5.11 Å². The van der Waals surface area contributed by atoms with Gasteiger partial charge in [0.15, 0.2) is 0 Å². The summed E-state index contributed by atoms with van der Waals surface area (Å²) in [5.74, 6) is -0.810. The molecule has 0 bridgehead atoms. The quantitative estimate of drug-likeness (QED) is 0.372. The molecule has 0 aromatic rings. The second-order valence-electron chi connectivity index (χ2n) is 1.28. The summed E-state index contributed by atoms with van der Waals surface area (Å²) >= 11 is 0.828. The fourth-order valence-corrected chi connectivity index (χ4v) is 0.370. The summed E-state index contributed by atoms with van der Waals surface area (Å²) in [5, 5.41) is 8.14. The summed E-state index contributed by atoms with van der Waals surface area (Å²) in [6.07, 6.45) is 0. The van der Waals surface area contributed by atoms with E-state index >= 15 is 0 Å². The van der Waals surface area contributed by atoms with Crippen LogP contribution in [0.25, 0.3) is 0 Å². The van der Waals surface area contributed by atoms with Crippen molar-refractivity contribution >= 4 is 22.3 Å². The molecule has 0 unspecified atom stereocenters. The van der Waals surface area contributed by atoms with E-state index in [-0.39, 0.29) is 0 Å². The molecule has 0 radical (unpaired) electrons. The number of hydrogen-bond donors (Lipinski definition) is 1. The van der Waals surface area contributed by atoms with Crippen LogP contribution in [0.15, 0.2) is 10.5 Å². The molecule has 7 heavy (non-hydrogen) atoms. The van der Waals surface area contributed by atoms with Crippen molar-refractivity contribution in [1.29, 1.82) is 0 Å². The number of carboxylic acid groups (broad SMARTS) is 1. The van der Waals surface area contributed by atoms with Crippen LogP contribution in [0.1, 0.15) is 6.92 Å². The highest BCUT2D eigenvalue weighted by Crippen LogP contribution is 1.85. The van der Waals surface area contributed by atoms with Crippen LogP contribution in [0, 0.1) is 0 Å². The van der Waals surface area contributed by atoms with E-state index in [1.165, 1.54) is 0 Å². The Bertz CT molecular complexity index is 106. The Labute approximate surface area is 50.3 Å². The zero-order valence-corrected chi connectivity index (χ0v) is 6.43. The molecule has 0 amide bonds. The van der Waals surface area contributed by atoms with Gasteiger partial charge in [-0.25, -0.2) is 4.79 Å². The van der Waals surface area contributed by atoms with Gasteiger partial charge >= 0.3 is 5.97 Å². The highest BCUT2D eigenvalue weighted by atomic mass is 27.0. The smallest absolute Gasteiger partial charge is 0.329 e. The molecular weight excluding hydrogens is 107 g/mol. The van der Waals surface area contributed by atoms with Gasteiger partial charge in [0.2, 0.25) is 16.3 Å². The molecule has 0 aromatic heterocycles. The van der Waals surface area contributed by atoms with Gasteiger partial charge in [-0.05, 0) is 6.92 Å². The molecule has 0 aromatic carbocycles. The zero-order chi connectivity index (χ0) is 5.86. The number of carbonyl (C=O) groups is 1. The van der Waals surface area contributed by atoms with Crippen molar-refractivity contribution in [2.75, 3.05) is 0 Å². The summed E-state index contributed by atoms with van der Waals surface area (Å²) in [7, 11) is 0. The minimum absolute atomic E-state index is 0.451. The Morgan fingerprint density at radius 2 is 2.29 bits per heavy atom. The summed E-state index contributed by atoms with van der Waals surface area (Å²) in [5.41, 5.74) is 0.451. The molecule has 0 aliphatic rings. The van der Waals surface area contributed by atoms with Crippen LogP contribution >= 0.6 is 0 Å². The third-order valence-corrected chi connectivity index (χ3v) is 1.64. The minimum atomic E-state index is -0.810. The lowest BCUT2D eigenvalue weighted by molar-refractivity contribution is -0.132. The van der Waals surface area contributed by atoms with E-state index in [0.29, 0.717) is 5.57 Å². The van der Waals surface area contributed by atoms with Crippen molar-refractivity contribution in [2.24, 2.45) is 0 Å². The molecule has 0 saturated carbocycles. The summed E-state index contributed by atoms with van der Waals surface area (Å²) in [6, 6.07) is 0. The van der Waals surface area contributed by atoms with Crippen molar-refractivity contribution in [3.63, 3.8) is 0 Å². The van der Waals surface area contributed by atoms with Gasteiger partial charge in [0.25, 0.3) is 0 Å². The van der Waals surface area contributed by atoms with Crippen LogP contribution < -0.4 is 0 Å². The monoisotopic (exact) mass is 114 g/mol. The molecule has 0 saturated heterocycles. The largest absolute Gasteiger partial charge is 0.478 e. The van der Waals surface area contributed by atoms with Crippen LogP contribution in [-0.4, -0.2) is 27.4 Å². The van der Waals surface area contributed by atoms with Gasteiger partial charge in [0.1, 0.15) is 0 Å². The first-order valence-corrected chi connectivity index (χ1v) is 3.20. The van der Waals surface area contributed by atoms with Crippen molar-refractivity contribution < 1.29 is 9.90 Å². The maximum absolute atomic E-state index is 9.88. The predicted octanol–water partition coefficient (Wildman–Crippen LogP) is -0.392. The third-order valence-electron chi connectivity index (χ3n) is 0.770. The van der Waals surface area contributed by atoms with Gasteiger partial charge in [-0.15, -0.1) is 4.94 Å². The van der Waals surface area contributed by atoms with Crippen LogP contribution in [0.2, 0.25) is 0 Å². The van der Waals surface area contributed by atoms with Gasteiger partial charge in [0, 0.05) is 5.57 Å².